The summed E-state index contributed by atoms with van der Waals surface area (Å²) in [6, 6.07) is 12.8. The zero-order valence-corrected chi connectivity index (χ0v) is 23.7. The van der Waals surface area contributed by atoms with Crippen molar-refractivity contribution in [3.05, 3.63) is 77.6 Å². The van der Waals surface area contributed by atoms with Crippen molar-refractivity contribution in [2.75, 3.05) is 6.54 Å². The summed E-state index contributed by atoms with van der Waals surface area (Å²) in [5, 5.41) is 3.15. The third kappa shape index (κ3) is 6.67. The number of amides is 1. The van der Waals surface area contributed by atoms with Crippen LogP contribution in [0.2, 0.25) is 0 Å². The van der Waals surface area contributed by atoms with Gasteiger partial charge < -0.3 is 5.32 Å². The highest BCUT2D eigenvalue weighted by atomic mass is 16.2. The molecule has 198 valence electrons. The quantitative estimate of drug-likeness (QED) is 0.424. The maximum absolute atomic E-state index is 12.8. The molecule has 1 aliphatic heterocycles. The Bertz CT molecular complexity index is 1190. The van der Waals surface area contributed by atoms with E-state index in [0.717, 1.165) is 30.8 Å². The number of para-hydroxylation sites is 1. The number of benzene rings is 1. The first kappa shape index (κ1) is 27.1. The van der Waals surface area contributed by atoms with Crippen LogP contribution in [-0.4, -0.2) is 38.5 Å². The molecule has 0 aliphatic carbocycles. The second kappa shape index (κ2) is 11.2. The van der Waals surface area contributed by atoms with Gasteiger partial charge in [-0.1, -0.05) is 52.0 Å². The molecule has 0 spiro atoms. The Kier molecular flexibility index (Phi) is 8.17. The maximum Gasteiger partial charge on any atom is 0.249 e. The molecule has 1 aromatic carbocycles. The lowest BCUT2D eigenvalue weighted by Crippen LogP contribution is -2.49. The van der Waals surface area contributed by atoms with E-state index in [4.69, 9.17) is 4.98 Å². The molecule has 3 heterocycles. The highest BCUT2D eigenvalue weighted by Gasteiger charge is 2.32. The Hall–Kier alpha value is -2.99. The second-order valence-electron chi connectivity index (χ2n) is 12.1. The fourth-order valence-electron chi connectivity index (χ4n) is 5.30. The van der Waals surface area contributed by atoms with Gasteiger partial charge in [-0.25, -0.2) is 9.13 Å². The van der Waals surface area contributed by atoms with E-state index in [1.54, 1.807) is 0 Å². The first-order valence-corrected chi connectivity index (χ1v) is 13.7. The lowest BCUT2D eigenvalue weighted by Gasteiger charge is -2.28. The van der Waals surface area contributed by atoms with E-state index < -0.39 is 0 Å². The van der Waals surface area contributed by atoms with Crippen molar-refractivity contribution < 1.29 is 9.36 Å². The van der Waals surface area contributed by atoms with Crippen LogP contribution in [-0.2, 0) is 17.9 Å². The molecule has 0 bridgehead atoms. The summed E-state index contributed by atoms with van der Waals surface area (Å²) in [6.45, 7) is 17.5. The van der Waals surface area contributed by atoms with E-state index in [0.29, 0.717) is 24.9 Å². The van der Waals surface area contributed by atoms with Crippen LogP contribution < -0.4 is 9.88 Å². The minimum atomic E-state index is -0.219. The number of likely N-dealkylation sites (tertiary alicyclic amines) is 1. The van der Waals surface area contributed by atoms with Crippen molar-refractivity contribution in [3.63, 3.8) is 0 Å². The molecule has 6 heteroatoms. The number of hydrogen-bond acceptors (Lipinski definition) is 3. The van der Waals surface area contributed by atoms with E-state index in [9.17, 15) is 4.79 Å². The van der Waals surface area contributed by atoms with Crippen LogP contribution >= 0.6 is 0 Å². The molecule has 3 aromatic rings. The molecule has 1 fully saturated rings. The third-order valence-electron chi connectivity index (χ3n) is 7.03. The van der Waals surface area contributed by atoms with Gasteiger partial charge in [0.15, 0.2) is 0 Å². The van der Waals surface area contributed by atoms with Crippen LogP contribution in [0.15, 0.2) is 55.1 Å². The molecular formula is C31H44N5O+. The third-order valence-corrected chi connectivity index (χ3v) is 7.03. The van der Waals surface area contributed by atoms with Gasteiger partial charge in [-0.3, -0.25) is 14.7 Å². The van der Waals surface area contributed by atoms with E-state index in [1.165, 1.54) is 16.8 Å². The summed E-state index contributed by atoms with van der Waals surface area (Å²) in [4.78, 5) is 20.1. The van der Waals surface area contributed by atoms with Gasteiger partial charge in [0.05, 0.1) is 17.4 Å². The van der Waals surface area contributed by atoms with Gasteiger partial charge in [-0.05, 0) is 64.1 Å². The van der Waals surface area contributed by atoms with Crippen molar-refractivity contribution in [1.82, 2.24) is 19.8 Å². The summed E-state index contributed by atoms with van der Waals surface area (Å²) in [6.07, 6.45) is 8.40. The van der Waals surface area contributed by atoms with Gasteiger partial charge in [-0.15, -0.1) is 0 Å². The molecule has 6 nitrogen and oxygen atoms in total. The van der Waals surface area contributed by atoms with Gasteiger partial charge in [0.1, 0.15) is 24.6 Å². The van der Waals surface area contributed by atoms with E-state index in [1.807, 2.05) is 20.8 Å². The number of nitrogens with one attached hydrogen (secondary N) is 1. The predicted octanol–water partition coefficient (Wildman–Crippen LogP) is 5.33. The molecular weight excluding hydrogens is 458 g/mol. The maximum atomic E-state index is 12.8. The van der Waals surface area contributed by atoms with Gasteiger partial charge in [0.2, 0.25) is 12.2 Å². The van der Waals surface area contributed by atoms with Crippen molar-refractivity contribution in [1.29, 1.82) is 0 Å². The van der Waals surface area contributed by atoms with Crippen molar-refractivity contribution >= 4 is 5.91 Å². The van der Waals surface area contributed by atoms with E-state index in [-0.39, 0.29) is 17.5 Å². The standard InChI is InChI=1S/C31H43N5O/c1-22(2)26-13-9-14-27(23(3)4)29(26)36-18-17-34(21-36)19-24-11-8-12-25(32-24)20-35-16-10-15-28(35)30(37)33-31(5,6)7/h8-9,11-14,17-18,21-23,28H,10,15-16,19-20H2,1-7H3/p+1/t28-/m0/s1. The Morgan fingerprint density at radius 1 is 1.05 bits per heavy atom. The van der Waals surface area contributed by atoms with Crippen LogP contribution in [0, 0.1) is 0 Å². The van der Waals surface area contributed by atoms with Crippen LogP contribution in [0.25, 0.3) is 5.69 Å². The first-order valence-electron chi connectivity index (χ1n) is 13.7. The number of rotatable bonds is 8. The molecule has 4 rings (SSSR count). The SMILES string of the molecule is CC(C)c1cccc(C(C)C)c1-n1cc[n+](Cc2cccc(CN3CCC[C@H]3C(=O)NC(C)(C)C)n2)c1. The Labute approximate surface area is 222 Å². The summed E-state index contributed by atoms with van der Waals surface area (Å²) in [5.41, 5.74) is 5.84. The monoisotopic (exact) mass is 502 g/mol. The second-order valence-corrected chi connectivity index (χ2v) is 12.1. The topological polar surface area (TPSA) is 54.0 Å². The van der Waals surface area contributed by atoms with Crippen molar-refractivity contribution in [3.8, 4) is 5.69 Å². The molecule has 0 radical (unpaired) electrons. The zero-order valence-electron chi connectivity index (χ0n) is 23.7. The summed E-state index contributed by atoms with van der Waals surface area (Å²) in [5.74, 6) is 1.02. The minimum absolute atomic E-state index is 0.0794. The number of nitrogens with zero attached hydrogens (tertiary/aromatic N) is 4. The van der Waals surface area contributed by atoms with Gasteiger partial charge in [-0.2, -0.15) is 0 Å². The molecule has 1 N–H and O–H groups in total. The van der Waals surface area contributed by atoms with E-state index >= 15 is 0 Å². The smallest absolute Gasteiger partial charge is 0.249 e. The first-order chi connectivity index (χ1) is 17.5. The Morgan fingerprint density at radius 2 is 1.70 bits per heavy atom. The molecule has 0 saturated carbocycles. The summed E-state index contributed by atoms with van der Waals surface area (Å²) >= 11 is 0. The number of pyridine rings is 1. The fourth-order valence-corrected chi connectivity index (χ4v) is 5.30. The highest BCUT2D eigenvalue weighted by Crippen LogP contribution is 2.30. The van der Waals surface area contributed by atoms with E-state index in [2.05, 4.69) is 102 Å². The molecule has 1 atom stereocenters. The van der Waals surface area contributed by atoms with Crippen molar-refractivity contribution in [2.45, 2.75) is 97.8 Å². The van der Waals surface area contributed by atoms with Gasteiger partial charge >= 0.3 is 0 Å². The number of imidazole rings is 1. The summed E-state index contributed by atoms with van der Waals surface area (Å²) in [7, 11) is 0. The fraction of sp³-hybridized carbons (Fsp3) is 0.516. The molecule has 1 aliphatic rings. The highest BCUT2D eigenvalue weighted by molar-refractivity contribution is 5.82. The minimum Gasteiger partial charge on any atom is -0.350 e. The summed E-state index contributed by atoms with van der Waals surface area (Å²) < 4.78 is 4.46. The average molecular weight is 503 g/mol. The predicted molar refractivity (Wildman–Crippen MR) is 149 cm³/mol. The average Bonchev–Trinajstić information content (AvgIpc) is 3.47. The molecule has 1 saturated heterocycles. The molecule has 1 amide bonds. The van der Waals surface area contributed by atoms with Gasteiger partial charge in [0, 0.05) is 23.2 Å². The van der Waals surface area contributed by atoms with Crippen molar-refractivity contribution in [2.24, 2.45) is 0 Å². The lowest BCUT2D eigenvalue weighted by molar-refractivity contribution is -0.688. The number of carbonyl (C=O) groups is 1. The lowest BCUT2D eigenvalue weighted by atomic mass is 9.92. The molecule has 2 aromatic heterocycles. The largest absolute Gasteiger partial charge is 0.350 e. The van der Waals surface area contributed by atoms with Gasteiger partial charge in [0.25, 0.3) is 0 Å². The number of carbonyl (C=O) groups excluding carboxylic acids is 1. The van der Waals surface area contributed by atoms with Crippen LogP contribution in [0.4, 0.5) is 0 Å². The zero-order chi connectivity index (χ0) is 26.7. The van der Waals surface area contributed by atoms with Crippen LogP contribution in [0.5, 0.6) is 0 Å². The molecule has 0 unspecified atom stereocenters. The number of aromatic nitrogens is 3. The normalized spacial score (nSPS) is 16.6. The van der Waals surface area contributed by atoms with Crippen LogP contribution in [0.3, 0.4) is 0 Å². The van der Waals surface area contributed by atoms with Crippen LogP contribution in [0.1, 0.15) is 95.7 Å². The molecule has 37 heavy (non-hydrogen) atoms. The Balaban J connectivity index is 1.50. The Morgan fingerprint density at radius 3 is 2.35 bits per heavy atom. The number of hydrogen-bond donors (Lipinski definition) is 1.